The number of hydrogen-bond acceptors (Lipinski definition) is 4. The summed E-state index contributed by atoms with van der Waals surface area (Å²) in [6, 6.07) is 58.8. The van der Waals surface area contributed by atoms with Gasteiger partial charge in [-0.25, -0.2) is 0 Å². The summed E-state index contributed by atoms with van der Waals surface area (Å²) in [6.07, 6.45) is 1.18. The molecule has 0 unspecified atom stereocenters. The van der Waals surface area contributed by atoms with Gasteiger partial charge in [-0.2, -0.15) is 0 Å². The summed E-state index contributed by atoms with van der Waals surface area (Å²) in [5.74, 6) is 0.142. The first kappa shape index (κ1) is 41.2. The van der Waals surface area contributed by atoms with E-state index in [-0.39, 0.29) is 37.2 Å². The van der Waals surface area contributed by atoms with Crippen LogP contribution in [0.2, 0.25) is 0 Å². The molecule has 4 nitrogen and oxygen atoms in total. The van der Waals surface area contributed by atoms with Crippen LogP contribution in [-0.4, -0.2) is 15.0 Å². The van der Waals surface area contributed by atoms with E-state index in [0.717, 1.165) is 66.7 Å². The number of aromatic nitrogens is 3. The molecular formula is C64H56IrN3O. The van der Waals surface area contributed by atoms with Gasteiger partial charge in [0.25, 0.3) is 0 Å². The monoisotopic (exact) mass is 1080 g/mol. The minimum atomic E-state index is -2.62. The molecule has 0 fully saturated rings. The molecule has 5 heteroatoms. The molecule has 0 aliphatic heterocycles. The normalized spacial score (nSPS) is 13.3. The Morgan fingerprint density at radius 2 is 1.10 bits per heavy atom. The van der Waals surface area contributed by atoms with E-state index in [1.807, 2.05) is 146 Å². The van der Waals surface area contributed by atoms with Crippen LogP contribution in [0.5, 0.6) is 0 Å². The molecule has 0 bridgehead atoms. The predicted octanol–water partition coefficient (Wildman–Crippen LogP) is 15.8. The third-order valence-electron chi connectivity index (χ3n) is 13.0. The molecule has 4 aromatic heterocycles. The number of furan rings is 1. The third kappa shape index (κ3) is 10.5. The van der Waals surface area contributed by atoms with Gasteiger partial charge in [0.15, 0.2) is 0 Å². The van der Waals surface area contributed by atoms with Gasteiger partial charge in [-0.05, 0) is 128 Å². The topological polar surface area (TPSA) is 51.8 Å². The van der Waals surface area contributed by atoms with Gasteiger partial charge in [-0.1, -0.05) is 108 Å². The van der Waals surface area contributed by atoms with Crippen LogP contribution < -0.4 is 0 Å². The van der Waals surface area contributed by atoms with E-state index in [2.05, 4.69) is 77.9 Å². The zero-order valence-corrected chi connectivity index (χ0v) is 42.1. The fraction of sp³-hybridized carbons (Fsp3) is 0.203. The van der Waals surface area contributed by atoms with Crippen molar-refractivity contribution in [3.05, 3.63) is 233 Å². The molecule has 6 aromatic carbocycles. The van der Waals surface area contributed by atoms with Gasteiger partial charge in [0.2, 0.25) is 0 Å². The molecule has 0 amide bonds. The van der Waals surface area contributed by atoms with Gasteiger partial charge in [-0.15, -0.1) is 108 Å². The second kappa shape index (κ2) is 20.1. The predicted molar refractivity (Wildman–Crippen MR) is 280 cm³/mol. The first-order valence-electron chi connectivity index (χ1n) is 25.8. The van der Waals surface area contributed by atoms with Crippen LogP contribution in [0.15, 0.2) is 181 Å². The van der Waals surface area contributed by atoms with E-state index < -0.39 is 23.6 Å². The van der Waals surface area contributed by atoms with E-state index in [1.54, 1.807) is 0 Å². The minimum Gasteiger partial charge on any atom is -0.456 e. The van der Waals surface area contributed by atoms with Crippen molar-refractivity contribution in [1.29, 1.82) is 0 Å². The Hall–Kier alpha value is -6.78. The first-order valence-corrected chi connectivity index (χ1v) is 23.3. The molecule has 4 heterocycles. The quantitative estimate of drug-likeness (QED) is 0.102. The molecule has 69 heavy (non-hydrogen) atoms. The van der Waals surface area contributed by atoms with Gasteiger partial charge < -0.3 is 19.4 Å². The van der Waals surface area contributed by atoms with Crippen LogP contribution >= 0.6 is 0 Å². The molecule has 10 aromatic rings. The number of rotatable bonds is 14. The van der Waals surface area contributed by atoms with Crippen LogP contribution in [0.1, 0.15) is 93.3 Å². The summed E-state index contributed by atoms with van der Waals surface area (Å²) in [5, 5.41) is 1.57. The van der Waals surface area contributed by atoms with Crippen molar-refractivity contribution in [2.75, 3.05) is 0 Å². The number of nitrogens with zero attached hydrogens (tertiary/aromatic N) is 3. The molecule has 0 aliphatic rings. The largest absolute Gasteiger partial charge is 3.00 e. The number of aryl methyl sites for hydroxylation is 2. The summed E-state index contributed by atoms with van der Waals surface area (Å²) in [7, 11) is 0. The number of hydrogen-bond donors (Lipinski definition) is 0. The summed E-state index contributed by atoms with van der Waals surface area (Å²) in [5.41, 5.74) is 11.2. The third-order valence-corrected chi connectivity index (χ3v) is 13.0. The summed E-state index contributed by atoms with van der Waals surface area (Å²) in [4.78, 5) is 14.5. The maximum atomic E-state index is 10.1. The van der Waals surface area contributed by atoms with Gasteiger partial charge in [0, 0.05) is 34.8 Å². The minimum absolute atomic E-state index is 0. The molecule has 0 radical (unpaired) electrons. The van der Waals surface area contributed by atoms with Crippen molar-refractivity contribution in [2.24, 2.45) is 0 Å². The Morgan fingerprint density at radius 1 is 0.551 bits per heavy atom. The SMILES string of the molecule is [2H]c1c(C(C)C)ccc2c1oc1ccc(-c3cc(-c4[c-]cccc4)ncc3C([2H])([2H])C([2H])([2H])c3cc(CC(C)(C)c4ccc(-c5[c-]cccc5)nc4)cc(CC(C)(C)c4ccc(-c5[c-]cccc5)nc4)c3)cc12.[Ir+3]. The number of pyridine rings is 3. The first-order chi connectivity index (χ1) is 34.9. The van der Waals surface area contributed by atoms with E-state index >= 15 is 0 Å². The van der Waals surface area contributed by atoms with Crippen LogP contribution in [0.25, 0.3) is 66.8 Å². The number of fused-ring (bicyclic) bond motifs is 3. The van der Waals surface area contributed by atoms with Gasteiger partial charge in [-0.3, -0.25) is 0 Å². The molecule has 10 rings (SSSR count). The standard InChI is InChI=1S/C64H56N3O.Ir/c1-43(2)50-24-28-55-57-35-51(25-31-61(57)68-62(55)36-50)56-37-60(49-20-14-9-15-21-49)65-40-52(56)23-22-44-32-45(38-63(3,4)53-26-29-58(66-41-53)47-16-10-7-11-17-47)34-46(33-44)39-64(5,6)54-27-30-59(67-42-54)48-18-12-8-13-19-48;/h7-16,18,20,24-37,40-43H,22-23,38-39H2,1-6H3;/q-3;+3/i22D2,23D2,36D;. The average molecular weight is 1080 g/mol. The molecule has 0 N–H and O–H groups in total. The van der Waals surface area contributed by atoms with E-state index in [9.17, 15) is 5.48 Å². The zero-order chi connectivity index (χ0) is 51.3. The van der Waals surface area contributed by atoms with Crippen molar-refractivity contribution in [1.82, 2.24) is 15.0 Å². The molecular weight excluding hydrogens is 1020 g/mol. The summed E-state index contributed by atoms with van der Waals surface area (Å²) in [6.45, 7) is 12.8. The fourth-order valence-electron chi connectivity index (χ4n) is 9.13. The molecule has 0 saturated heterocycles. The summed E-state index contributed by atoms with van der Waals surface area (Å²) >= 11 is 0. The Bertz CT molecular complexity index is 3480. The Balaban J connectivity index is 0.00000672. The van der Waals surface area contributed by atoms with Crippen LogP contribution in [-0.2, 0) is 56.5 Å². The van der Waals surface area contributed by atoms with Crippen molar-refractivity contribution in [2.45, 2.75) is 83.9 Å². The van der Waals surface area contributed by atoms with Crippen LogP contribution in [0.3, 0.4) is 0 Å². The summed E-state index contributed by atoms with van der Waals surface area (Å²) < 4.78 is 55.6. The molecule has 0 saturated carbocycles. The Labute approximate surface area is 428 Å². The van der Waals surface area contributed by atoms with Crippen molar-refractivity contribution in [3.63, 3.8) is 0 Å². The van der Waals surface area contributed by atoms with Crippen LogP contribution in [0, 0.1) is 18.2 Å². The number of benzene rings is 6. The Kier molecular flexibility index (Phi) is 12.0. The molecule has 0 atom stereocenters. The average Bonchev–Trinajstić information content (AvgIpc) is 3.78. The van der Waals surface area contributed by atoms with Crippen molar-refractivity contribution >= 4 is 21.9 Å². The maximum absolute atomic E-state index is 10.1. The molecule has 0 spiro atoms. The van der Waals surface area contributed by atoms with E-state index in [4.69, 9.17) is 20.7 Å². The second-order valence-electron chi connectivity index (χ2n) is 19.3. The van der Waals surface area contributed by atoms with Crippen molar-refractivity contribution < 1.29 is 31.4 Å². The van der Waals surface area contributed by atoms with E-state index in [1.165, 1.54) is 6.20 Å². The van der Waals surface area contributed by atoms with Gasteiger partial charge in [0.05, 0.1) is 1.37 Å². The fourth-order valence-corrected chi connectivity index (χ4v) is 9.13. The van der Waals surface area contributed by atoms with Gasteiger partial charge in [0.1, 0.15) is 11.2 Å². The smallest absolute Gasteiger partial charge is 0.456 e. The van der Waals surface area contributed by atoms with Gasteiger partial charge >= 0.3 is 20.1 Å². The second-order valence-corrected chi connectivity index (χ2v) is 19.3. The molecule has 0 aliphatic carbocycles. The van der Waals surface area contributed by atoms with Crippen LogP contribution in [0.4, 0.5) is 0 Å². The molecule has 342 valence electrons. The maximum Gasteiger partial charge on any atom is 3.00 e. The Morgan fingerprint density at radius 3 is 1.62 bits per heavy atom. The zero-order valence-electron chi connectivity index (χ0n) is 44.7. The van der Waals surface area contributed by atoms with Crippen molar-refractivity contribution in [3.8, 4) is 44.9 Å². The van der Waals surface area contributed by atoms with E-state index in [0.29, 0.717) is 46.9 Å².